The summed E-state index contributed by atoms with van der Waals surface area (Å²) in [6, 6.07) is 18.1. The van der Waals surface area contributed by atoms with E-state index in [4.69, 9.17) is 5.14 Å². The van der Waals surface area contributed by atoms with Gasteiger partial charge in [-0.15, -0.1) is 0 Å². The normalized spacial score (nSPS) is 11.3. The Kier molecular flexibility index (Phi) is 6.10. The first-order valence-electron chi connectivity index (χ1n) is 9.01. The van der Waals surface area contributed by atoms with E-state index in [1.807, 2.05) is 31.2 Å². The highest BCUT2D eigenvalue weighted by molar-refractivity contribution is 7.89. The average molecular weight is 412 g/mol. The van der Waals surface area contributed by atoms with E-state index in [-0.39, 0.29) is 22.9 Å². The number of benzene rings is 3. The molecule has 29 heavy (non-hydrogen) atoms. The van der Waals surface area contributed by atoms with Crippen LogP contribution in [0, 0.1) is 12.7 Å². The number of hydrogen-bond donors (Lipinski definition) is 2. The minimum absolute atomic E-state index is 0.0380. The monoisotopic (exact) mass is 412 g/mol. The number of rotatable bonds is 6. The van der Waals surface area contributed by atoms with Crippen LogP contribution >= 0.6 is 0 Å². The molecule has 3 aromatic carbocycles. The molecule has 0 unspecified atom stereocenters. The lowest BCUT2D eigenvalue weighted by molar-refractivity contribution is -0.116. The maximum absolute atomic E-state index is 14.5. The molecule has 0 fully saturated rings. The number of nitrogens with one attached hydrogen (secondary N) is 1. The second-order valence-electron chi connectivity index (χ2n) is 6.77. The lowest BCUT2D eigenvalue weighted by atomic mass is 10.0. The Hall–Kier alpha value is -3.03. The maximum atomic E-state index is 14.5. The minimum Gasteiger partial charge on any atom is -0.324 e. The zero-order chi connectivity index (χ0) is 21.0. The maximum Gasteiger partial charge on any atom is 0.238 e. The number of primary sulfonamides is 1. The van der Waals surface area contributed by atoms with Crippen LogP contribution in [0.4, 0.5) is 10.1 Å². The van der Waals surface area contributed by atoms with Gasteiger partial charge in [-0.2, -0.15) is 0 Å². The molecule has 0 aliphatic carbocycles. The van der Waals surface area contributed by atoms with E-state index >= 15 is 0 Å². The lowest BCUT2D eigenvalue weighted by Crippen LogP contribution is -2.14. The molecule has 0 aliphatic rings. The Morgan fingerprint density at radius 3 is 2.48 bits per heavy atom. The topological polar surface area (TPSA) is 89.3 Å². The highest BCUT2D eigenvalue weighted by Gasteiger charge is 2.16. The van der Waals surface area contributed by atoms with Crippen LogP contribution in [0.15, 0.2) is 71.6 Å². The first kappa shape index (κ1) is 20.7. The highest BCUT2D eigenvalue weighted by atomic mass is 32.2. The molecule has 150 valence electrons. The molecular formula is C22H21FN2O3S. The molecule has 0 radical (unpaired) electrons. The fraction of sp³-hybridized carbons (Fsp3) is 0.136. The van der Waals surface area contributed by atoms with Gasteiger partial charge in [-0.1, -0.05) is 54.1 Å². The number of aryl methyl sites for hydroxylation is 2. The molecule has 0 atom stereocenters. The summed E-state index contributed by atoms with van der Waals surface area (Å²) in [4.78, 5) is 12.1. The number of amides is 1. The van der Waals surface area contributed by atoms with Crippen molar-refractivity contribution in [2.24, 2.45) is 5.14 Å². The number of carbonyl (C=O) groups excluding carboxylic acids is 1. The largest absolute Gasteiger partial charge is 0.324 e. The zero-order valence-electron chi connectivity index (χ0n) is 15.9. The van der Waals surface area contributed by atoms with Crippen LogP contribution in [-0.4, -0.2) is 14.3 Å². The fourth-order valence-electron chi connectivity index (χ4n) is 3.08. The Morgan fingerprint density at radius 1 is 1.03 bits per heavy atom. The smallest absolute Gasteiger partial charge is 0.238 e. The number of carbonyl (C=O) groups is 1. The number of anilines is 1. The van der Waals surface area contributed by atoms with Gasteiger partial charge in [0.2, 0.25) is 15.9 Å². The fourth-order valence-corrected chi connectivity index (χ4v) is 3.84. The molecular weight excluding hydrogens is 391 g/mol. The summed E-state index contributed by atoms with van der Waals surface area (Å²) >= 11 is 0. The average Bonchev–Trinajstić information content (AvgIpc) is 2.67. The molecule has 0 spiro atoms. The molecule has 3 N–H and O–H groups in total. The van der Waals surface area contributed by atoms with Crippen molar-refractivity contribution < 1.29 is 17.6 Å². The standard InChI is InChI=1S/C22H21FN2O3S/c1-15-5-4-6-16(13-15)9-12-22(26)25-20-11-10-17(14-19(20)23)18-7-2-3-8-21(18)29(24,27)28/h2-8,10-11,13-14H,9,12H2,1H3,(H,25,26)(H2,24,27,28). The summed E-state index contributed by atoms with van der Waals surface area (Å²) in [6.45, 7) is 1.98. The van der Waals surface area contributed by atoms with Crippen molar-refractivity contribution >= 4 is 21.6 Å². The van der Waals surface area contributed by atoms with E-state index in [0.717, 1.165) is 11.1 Å². The van der Waals surface area contributed by atoms with Gasteiger partial charge in [-0.05, 0) is 42.7 Å². The summed E-state index contributed by atoms with van der Waals surface area (Å²) in [5, 5.41) is 7.80. The van der Waals surface area contributed by atoms with Crippen molar-refractivity contribution in [2.45, 2.75) is 24.7 Å². The van der Waals surface area contributed by atoms with Crippen molar-refractivity contribution in [3.8, 4) is 11.1 Å². The Bertz CT molecular complexity index is 1160. The van der Waals surface area contributed by atoms with E-state index in [1.54, 1.807) is 24.3 Å². The minimum atomic E-state index is -3.95. The van der Waals surface area contributed by atoms with Gasteiger partial charge in [0, 0.05) is 12.0 Å². The zero-order valence-corrected chi connectivity index (χ0v) is 16.7. The van der Waals surface area contributed by atoms with E-state index in [2.05, 4.69) is 5.32 Å². The molecule has 0 saturated carbocycles. The predicted octanol–water partition coefficient (Wildman–Crippen LogP) is 4.02. The predicted molar refractivity (Wildman–Crippen MR) is 111 cm³/mol. The molecule has 0 aromatic heterocycles. The van der Waals surface area contributed by atoms with Crippen LogP contribution in [0.25, 0.3) is 11.1 Å². The molecule has 3 aromatic rings. The second kappa shape index (κ2) is 8.55. The van der Waals surface area contributed by atoms with Gasteiger partial charge in [0.05, 0.1) is 10.6 Å². The summed E-state index contributed by atoms with van der Waals surface area (Å²) in [5.74, 6) is -0.960. The van der Waals surface area contributed by atoms with Crippen LogP contribution in [0.3, 0.4) is 0 Å². The molecule has 0 aliphatic heterocycles. The van der Waals surface area contributed by atoms with Crippen molar-refractivity contribution in [1.82, 2.24) is 0 Å². The molecule has 0 heterocycles. The number of nitrogens with two attached hydrogens (primary N) is 1. The van der Waals surface area contributed by atoms with Crippen molar-refractivity contribution in [3.05, 3.63) is 83.7 Å². The van der Waals surface area contributed by atoms with Crippen LogP contribution in [0.2, 0.25) is 0 Å². The first-order chi connectivity index (χ1) is 13.7. The molecule has 7 heteroatoms. The number of hydrogen-bond acceptors (Lipinski definition) is 3. The third-order valence-electron chi connectivity index (χ3n) is 4.47. The lowest BCUT2D eigenvalue weighted by Gasteiger charge is -2.11. The molecule has 1 amide bonds. The quantitative estimate of drug-likeness (QED) is 0.641. The van der Waals surface area contributed by atoms with Crippen molar-refractivity contribution in [2.75, 3.05) is 5.32 Å². The summed E-state index contributed by atoms with van der Waals surface area (Å²) in [5.41, 5.74) is 2.84. The van der Waals surface area contributed by atoms with E-state index in [1.165, 1.54) is 18.2 Å². The first-order valence-corrected chi connectivity index (χ1v) is 10.6. The van der Waals surface area contributed by atoms with Gasteiger partial charge >= 0.3 is 0 Å². The van der Waals surface area contributed by atoms with E-state index < -0.39 is 15.8 Å². The van der Waals surface area contributed by atoms with Gasteiger partial charge in [0.25, 0.3) is 0 Å². The van der Waals surface area contributed by atoms with Crippen LogP contribution in [-0.2, 0) is 21.2 Å². The number of sulfonamides is 1. The van der Waals surface area contributed by atoms with Gasteiger partial charge in [0.1, 0.15) is 5.82 Å². The molecule has 0 saturated heterocycles. The number of halogens is 1. The molecule has 3 rings (SSSR count). The third kappa shape index (κ3) is 5.28. The van der Waals surface area contributed by atoms with Crippen LogP contribution in [0.1, 0.15) is 17.5 Å². The van der Waals surface area contributed by atoms with Crippen molar-refractivity contribution in [1.29, 1.82) is 0 Å². The second-order valence-corrected chi connectivity index (χ2v) is 8.30. The highest BCUT2D eigenvalue weighted by Crippen LogP contribution is 2.29. The molecule has 5 nitrogen and oxygen atoms in total. The van der Waals surface area contributed by atoms with Gasteiger partial charge in [-0.3, -0.25) is 4.79 Å². The van der Waals surface area contributed by atoms with Crippen molar-refractivity contribution in [3.63, 3.8) is 0 Å². The molecule has 0 bridgehead atoms. The Balaban J connectivity index is 1.74. The Morgan fingerprint density at radius 2 is 1.79 bits per heavy atom. The summed E-state index contributed by atoms with van der Waals surface area (Å²) in [7, 11) is -3.95. The Labute approximate surface area is 169 Å². The van der Waals surface area contributed by atoms with Gasteiger partial charge < -0.3 is 5.32 Å². The summed E-state index contributed by atoms with van der Waals surface area (Å²) < 4.78 is 38.1. The van der Waals surface area contributed by atoms with E-state index in [0.29, 0.717) is 17.5 Å². The van der Waals surface area contributed by atoms with Gasteiger partial charge in [0.15, 0.2) is 0 Å². The van der Waals surface area contributed by atoms with E-state index in [9.17, 15) is 17.6 Å². The van der Waals surface area contributed by atoms with Crippen LogP contribution in [0.5, 0.6) is 0 Å². The SMILES string of the molecule is Cc1cccc(CCC(=O)Nc2ccc(-c3ccccc3S(N)(=O)=O)cc2F)c1. The third-order valence-corrected chi connectivity index (χ3v) is 5.44. The summed E-state index contributed by atoms with van der Waals surface area (Å²) in [6.07, 6.45) is 0.772. The van der Waals surface area contributed by atoms with Crippen LogP contribution < -0.4 is 10.5 Å². The van der Waals surface area contributed by atoms with Gasteiger partial charge in [-0.25, -0.2) is 17.9 Å².